The van der Waals surface area contributed by atoms with Crippen LogP contribution in [0.25, 0.3) is 0 Å². The van der Waals surface area contributed by atoms with Crippen LogP contribution in [-0.4, -0.2) is 12.9 Å². The fourth-order valence-corrected chi connectivity index (χ4v) is 2.99. The summed E-state index contributed by atoms with van der Waals surface area (Å²) in [5.41, 5.74) is 1.27. The van der Waals surface area contributed by atoms with Gasteiger partial charge in [-0.1, -0.05) is 32.4 Å². The highest BCUT2D eigenvalue weighted by molar-refractivity contribution is 5.84. The molecule has 98 valence electrons. The summed E-state index contributed by atoms with van der Waals surface area (Å²) < 4.78 is 5.12. The Morgan fingerprint density at radius 2 is 2.00 bits per heavy atom. The second-order valence-corrected chi connectivity index (χ2v) is 5.92. The second-order valence-electron chi connectivity index (χ2n) is 5.92. The number of ether oxygens (including phenoxy) is 1. The van der Waals surface area contributed by atoms with Crippen LogP contribution in [0, 0.1) is 11.3 Å². The van der Waals surface area contributed by atoms with Crippen molar-refractivity contribution in [2.24, 2.45) is 11.3 Å². The zero-order valence-electron chi connectivity index (χ0n) is 11.5. The van der Waals surface area contributed by atoms with E-state index in [1.165, 1.54) is 12.8 Å². The molecule has 0 aliphatic heterocycles. The standard InChI is InChI=1S/C16H22O2/c1-16(2)10-4-5-14(16)15(17)11-12-6-8-13(18-3)9-7-12/h6-9,14H,4-5,10-11H2,1-3H3. The molecule has 1 aliphatic rings. The first-order chi connectivity index (χ1) is 8.53. The van der Waals surface area contributed by atoms with Gasteiger partial charge in [-0.3, -0.25) is 4.79 Å². The van der Waals surface area contributed by atoms with Gasteiger partial charge in [0.15, 0.2) is 0 Å². The van der Waals surface area contributed by atoms with Crippen molar-refractivity contribution in [2.45, 2.75) is 39.5 Å². The number of rotatable bonds is 4. The quantitative estimate of drug-likeness (QED) is 0.811. The minimum absolute atomic E-state index is 0.184. The van der Waals surface area contributed by atoms with Crippen LogP contribution in [0.1, 0.15) is 38.7 Å². The summed E-state index contributed by atoms with van der Waals surface area (Å²) in [6.45, 7) is 4.44. The summed E-state index contributed by atoms with van der Waals surface area (Å²) in [4.78, 5) is 12.4. The molecule has 0 amide bonds. The topological polar surface area (TPSA) is 26.3 Å². The largest absolute Gasteiger partial charge is 0.497 e. The summed E-state index contributed by atoms with van der Waals surface area (Å²) in [7, 11) is 1.65. The van der Waals surface area contributed by atoms with Gasteiger partial charge in [0.25, 0.3) is 0 Å². The van der Waals surface area contributed by atoms with E-state index < -0.39 is 0 Å². The number of ketones is 1. The fraction of sp³-hybridized carbons (Fsp3) is 0.562. The van der Waals surface area contributed by atoms with Gasteiger partial charge in [0.2, 0.25) is 0 Å². The van der Waals surface area contributed by atoms with E-state index in [1.54, 1.807) is 7.11 Å². The van der Waals surface area contributed by atoms with E-state index >= 15 is 0 Å². The Bertz CT molecular complexity index is 417. The minimum Gasteiger partial charge on any atom is -0.497 e. The van der Waals surface area contributed by atoms with Crippen molar-refractivity contribution in [3.63, 3.8) is 0 Å². The average molecular weight is 246 g/mol. The number of hydrogen-bond acceptors (Lipinski definition) is 2. The van der Waals surface area contributed by atoms with Crippen molar-refractivity contribution in [2.75, 3.05) is 7.11 Å². The molecule has 0 saturated heterocycles. The SMILES string of the molecule is COc1ccc(CC(=O)C2CCCC2(C)C)cc1. The van der Waals surface area contributed by atoms with Gasteiger partial charge < -0.3 is 4.74 Å². The van der Waals surface area contributed by atoms with Crippen LogP contribution >= 0.6 is 0 Å². The number of methoxy groups -OCH3 is 1. The third-order valence-electron chi connectivity index (χ3n) is 4.18. The van der Waals surface area contributed by atoms with Crippen LogP contribution in [0.3, 0.4) is 0 Å². The molecule has 0 N–H and O–H groups in total. The van der Waals surface area contributed by atoms with E-state index in [9.17, 15) is 4.79 Å². The third kappa shape index (κ3) is 2.74. The molecular formula is C16H22O2. The predicted molar refractivity (Wildman–Crippen MR) is 72.8 cm³/mol. The first-order valence-corrected chi connectivity index (χ1v) is 6.68. The van der Waals surface area contributed by atoms with E-state index in [4.69, 9.17) is 4.74 Å². The fourth-order valence-electron chi connectivity index (χ4n) is 2.99. The predicted octanol–water partition coefficient (Wildman–Crippen LogP) is 3.63. The normalized spacial score (nSPS) is 21.8. The van der Waals surface area contributed by atoms with Gasteiger partial charge >= 0.3 is 0 Å². The Labute approximate surface area is 109 Å². The molecule has 0 bridgehead atoms. The molecule has 2 rings (SSSR count). The van der Waals surface area contributed by atoms with Crippen molar-refractivity contribution < 1.29 is 9.53 Å². The average Bonchev–Trinajstić information content (AvgIpc) is 2.70. The molecule has 1 atom stereocenters. The van der Waals surface area contributed by atoms with Crippen LogP contribution < -0.4 is 4.74 Å². The van der Waals surface area contributed by atoms with E-state index in [2.05, 4.69) is 13.8 Å². The number of hydrogen-bond donors (Lipinski definition) is 0. The maximum absolute atomic E-state index is 12.4. The summed E-state index contributed by atoms with van der Waals surface area (Å²) in [6.07, 6.45) is 3.97. The smallest absolute Gasteiger partial charge is 0.140 e. The van der Waals surface area contributed by atoms with Crippen molar-refractivity contribution in [1.29, 1.82) is 0 Å². The molecule has 1 aromatic rings. The minimum atomic E-state index is 0.184. The van der Waals surface area contributed by atoms with E-state index in [0.29, 0.717) is 12.2 Å². The highest BCUT2D eigenvalue weighted by Crippen LogP contribution is 2.43. The third-order valence-corrected chi connectivity index (χ3v) is 4.18. The molecule has 0 aromatic heterocycles. The van der Waals surface area contributed by atoms with Gasteiger partial charge in [-0.05, 0) is 36.0 Å². The van der Waals surface area contributed by atoms with E-state index in [0.717, 1.165) is 17.7 Å². The van der Waals surface area contributed by atoms with Crippen LogP contribution in [0.15, 0.2) is 24.3 Å². The molecule has 1 aromatic carbocycles. The number of Topliss-reactive ketones (excluding diaryl/α,β-unsaturated/α-hetero) is 1. The first kappa shape index (κ1) is 13.1. The maximum atomic E-state index is 12.4. The van der Waals surface area contributed by atoms with Crippen molar-refractivity contribution in [1.82, 2.24) is 0 Å². The van der Waals surface area contributed by atoms with Crippen LogP contribution in [0.2, 0.25) is 0 Å². The lowest BCUT2D eigenvalue weighted by Gasteiger charge is -2.25. The van der Waals surface area contributed by atoms with Crippen molar-refractivity contribution >= 4 is 5.78 Å². The van der Waals surface area contributed by atoms with Crippen LogP contribution in [0.5, 0.6) is 5.75 Å². The molecule has 18 heavy (non-hydrogen) atoms. The highest BCUT2D eigenvalue weighted by atomic mass is 16.5. The zero-order chi connectivity index (χ0) is 13.2. The van der Waals surface area contributed by atoms with Gasteiger partial charge in [0.1, 0.15) is 11.5 Å². The maximum Gasteiger partial charge on any atom is 0.140 e. The first-order valence-electron chi connectivity index (χ1n) is 6.68. The second kappa shape index (κ2) is 5.13. The zero-order valence-corrected chi connectivity index (χ0v) is 11.5. The number of benzene rings is 1. The summed E-state index contributed by atoms with van der Waals surface area (Å²) in [5, 5.41) is 0. The Morgan fingerprint density at radius 1 is 1.33 bits per heavy atom. The molecule has 2 heteroatoms. The number of carbonyl (C=O) groups excluding carboxylic acids is 1. The summed E-state index contributed by atoms with van der Waals surface area (Å²) in [6, 6.07) is 7.81. The van der Waals surface area contributed by atoms with Gasteiger partial charge in [-0.15, -0.1) is 0 Å². The summed E-state index contributed by atoms with van der Waals surface area (Å²) >= 11 is 0. The molecule has 0 radical (unpaired) electrons. The van der Waals surface area contributed by atoms with E-state index in [-0.39, 0.29) is 11.3 Å². The molecule has 1 fully saturated rings. The lowest BCUT2D eigenvalue weighted by molar-refractivity contribution is -0.124. The molecule has 1 unspecified atom stereocenters. The van der Waals surface area contributed by atoms with Gasteiger partial charge in [0, 0.05) is 12.3 Å². The Balaban J connectivity index is 2.02. The highest BCUT2D eigenvalue weighted by Gasteiger charge is 2.38. The van der Waals surface area contributed by atoms with Crippen LogP contribution in [0.4, 0.5) is 0 Å². The van der Waals surface area contributed by atoms with Gasteiger partial charge in [-0.25, -0.2) is 0 Å². The van der Waals surface area contributed by atoms with Gasteiger partial charge in [0.05, 0.1) is 7.11 Å². The molecule has 0 spiro atoms. The van der Waals surface area contributed by atoms with Crippen molar-refractivity contribution in [3.05, 3.63) is 29.8 Å². The van der Waals surface area contributed by atoms with Crippen LogP contribution in [-0.2, 0) is 11.2 Å². The monoisotopic (exact) mass is 246 g/mol. The molecule has 1 aliphatic carbocycles. The van der Waals surface area contributed by atoms with E-state index in [1.807, 2.05) is 24.3 Å². The number of carbonyl (C=O) groups is 1. The Morgan fingerprint density at radius 3 is 2.50 bits per heavy atom. The van der Waals surface area contributed by atoms with Crippen molar-refractivity contribution in [3.8, 4) is 5.75 Å². The lowest BCUT2D eigenvalue weighted by atomic mass is 9.78. The molecule has 2 nitrogen and oxygen atoms in total. The molecular weight excluding hydrogens is 224 g/mol. The Kier molecular flexibility index (Phi) is 3.74. The van der Waals surface area contributed by atoms with Gasteiger partial charge in [-0.2, -0.15) is 0 Å². The lowest BCUT2D eigenvalue weighted by Crippen LogP contribution is -2.27. The molecule has 1 saturated carbocycles. The summed E-state index contributed by atoms with van der Waals surface area (Å²) in [5.74, 6) is 1.47. The molecule has 0 heterocycles. The Hall–Kier alpha value is -1.31.